The third-order valence-electron chi connectivity index (χ3n) is 3.01. The van der Waals surface area contributed by atoms with E-state index in [9.17, 15) is 5.11 Å². The second kappa shape index (κ2) is 5.78. The Hall–Kier alpha value is -0.670. The molecule has 94 valence electrons. The molecule has 1 heterocycles. The van der Waals surface area contributed by atoms with Crippen molar-refractivity contribution in [3.63, 3.8) is 0 Å². The molecule has 2 unspecified atom stereocenters. The van der Waals surface area contributed by atoms with E-state index in [0.717, 1.165) is 29.2 Å². The normalized spacial score (nSPS) is 21.8. The lowest BCUT2D eigenvalue weighted by atomic mass is 9.94. The number of rotatable bonds is 4. The van der Waals surface area contributed by atoms with Crippen molar-refractivity contribution < 1.29 is 9.84 Å². The predicted molar refractivity (Wildman–Crippen MR) is 72.6 cm³/mol. The maximum absolute atomic E-state index is 10.4. The van der Waals surface area contributed by atoms with Crippen LogP contribution in [0.5, 0.6) is 5.75 Å². The van der Waals surface area contributed by atoms with Gasteiger partial charge in [0.25, 0.3) is 0 Å². The molecule has 17 heavy (non-hydrogen) atoms. The van der Waals surface area contributed by atoms with E-state index in [2.05, 4.69) is 0 Å². The smallest absolute Gasteiger partial charge is 0.125 e. The van der Waals surface area contributed by atoms with E-state index in [-0.39, 0.29) is 12.2 Å². The van der Waals surface area contributed by atoms with Crippen molar-refractivity contribution in [3.8, 4) is 5.75 Å². The van der Waals surface area contributed by atoms with Gasteiger partial charge in [0.1, 0.15) is 5.75 Å². The van der Waals surface area contributed by atoms with E-state index in [1.165, 1.54) is 0 Å². The average Bonchev–Trinajstić information content (AvgIpc) is 2.81. The van der Waals surface area contributed by atoms with Crippen molar-refractivity contribution >= 4 is 11.8 Å². The van der Waals surface area contributed by atoms with Crippen molar-refractivity contribution in [2.75, 3.05) is 11.5 Å². The van der Waals surface area contributed by atoms with Crippen LogP contribution in [0, 0.1) is 5.92 Å². The Bertz CT molecular complexity index is 359. The highest BCUT2D eigenvalue weighted by atomic mass is 32.2. The molecule has 0 amide bonds. The first-order chi connectivity index (χ1) is 8.18. The molecule has 0 saturated carbocycles. The summed E-state index contributed by atoms with van der Waals surface area (Å²) in [5, 5.41) is 10.4. The summed E-state index contributed by atoms with van der Waals surface area (Å²) in [5.41, 5.74) is 0.939. The van der Waals surface area contributed by atoms with E-state index in [0.29, 0.717) is 5.92 Å². The average molecular weight is 252 g/mol. The van der Waals surface area contributed by atoms with Crippen molar-refractivity contribution in [1.82, 2.24) is 0 Å². The quantitative estimate of drug-likeness (QED) is 0.892. The van der Waals surface area contributed by atoms with Gasteiger partial charge in [-0.3, -0.25) is 0 Å². The Kier molecular flexibility index (Phi) is 4.35. The molecule has 1 aromatic carbocycles. The molecule has 3 heteroatoms. The van der Waals surface area contributed by atoms with Crippen LogP contribution in [0.4, 0.5) is 0 Å². The molecule has 1 aromatic rings. The Morgan fingerprint density at radius 3 is 2.76 bits per heavy atom. The lowest BCUT2D eigenvalue weighted by molar-refractivity contribution is 0.114. The molecule has 0 spiro atoms. The fourth-order valence-electron chi connectivity index (χ4n) is 2.14. The van der Waals surface area contributed by atoms with E-state index < -0.39 is 0 Å². The number of para-hydroxylation sites is 1. The van der Waals surface area contributed by atoms with Crippen molar-refractivity contribution in [2.45, 2.75) is 32.5 Å². The second-order valence-corrected chi connectivity index (χ2v) is 5.92. The molecule has 2 nitrogen and oxygen atoms in total. The zero-order valence-electron chi connectivity index (χ0n) is 10.4. The fourth-order valence-corrected chi connectivity index (χ4v) is 3.43. The number of thioether (sulfide) groups is 1. The third kappa shape index (κ3) is 3.17. The fraction of sp³-hybridized carbons (Fsp3) is 0.571. The van der Waals surface area contributed by atoms with E-state index in [1.807, 2.05) is 49.9 Å². The van der Waals surface area contributed by atoms with Crippen LogP contribution in [-0.2, 0) is 0 Å². The zero-order valence-corrected chi connectivity index (χ0v) is 11.2. The van der Waals surface area contributed by atoms with Gasteiger partial charge in [0.05, 0.1) is 12.2 Å². The van der Waals surface area contributed by atoms with Gasteiger partial charge in [-0.2, -0.15) is 11.8 Å². The maximum atomic E-state index is 10.4. The van der Waals surface area contributed by atoms with Gasteiger partial charge >= 0.3 is 0 Å². The van der Waals surface area contributed by atoms with Crippen LogP contribution >= 0.6 is 11.8 Å². The summed E-state index contributed by atoms with van der Waals surface area (Å²) in [6.45, 7) is 4.02. The van der Waals surface area contributed by atoms with E-state index in [4.69, 9.17) is 4.74 Å². The molecule has 0 aliphatic carbocycles. The van der Waals surface area contributed by atoms with Gasteiger partial charge in [-0.1, -0.05) is 18.2 Å². The molecule has 1 aliphatic heterocycles. The number of aliphatic hydroxyl groups is 1. The summed E-state index contributed by atoms with van der Waals surface area (Å²) in [7, 11) is 0. The van der Waals surface area contributed by atoms with Crippen molar-refractivity contribution in [2.24, 2.45) is 5.92 Å². The molecule has 1 aliphatic rings. The van der Waals surface area contributed by atoms with Crippen LogP contribution in [0.3, 0.4) is 0 Å². The highest BCUT2D eigenvalue weighted by Crippen LogP contribution is 2.37. The minimum Gasteiger partial charge on any atom is -0.491 e. The Balaban J connectivity index is 2.18. The lowest BCUT2D eigenvalue weighted by Gasteiger charge is -2.21. The van der Waals surface area contributed by atoms with Gasteiger partial charge in [-0.15, -0.1) is 0 Å². The van der Waals surface area contributed by atoms with E-state index >= 15 is 0 Å². The first kappa shape index (κ1) is 12.8. The van der Waals surface area contributed by atoms with Gasteiger partial charge < -0.3 is 9.84 Å². The molecule has 1 N–H and O–H groups in total. The zero-order chi connectivity index (χ0) is 12.3. The van der Waals surface area contributed by atoms with Crippen LogP contribution < -0.4 is 4.74 Å². The number of benzene rings is 1. The Labute approximate surface area is 107 Å². The van der Waals surface area contributed by atoms with Gasteiger partial charge in [-0.25, -0.2) is 0 Å². The summed E-state index contributed by atoms with van der Waals surface area (Å²) in [6, 6.07) is 7.84. The van der Waals surface area contributed by atoms with Crippen LogP contribution in [-0.4, -0.2) is 22.7 Å². The van der Waals surface area contributed by atoms with E-state index in [1.54, 1.807) is 0 Å². The van der Waals surface area contributed by atoms with Gasteiger partial charge in [-0.05, 0) is 43.8 Å². The van der Waals surface area contributed by atoms with Gasteiger partial charge in [0.2, 0.25) is 0 Å². The van der Waals surface area contributed by atoms with Gasteiger partial charge in [0, 0.05) is 5.56 Å². The number of aliphatic hydroxyl groups excluding tert-OH is 1. The molecule has 2 atom stereocenters. The van der Waals surface area contributed by atoms with Crippen LogP contribution in [0.1, 0.15) is 31.9 Å². The Morgan fingerprint density at radius 2 is 2.12 bits per heavy atom. The van der Waals surface area contributed by atoms with Crippen LogP contribution in [0.15, 0.2) is 24.3 Å². The number of hydrogen-bond donors (Lipinski definition) is 1. The minimum atomic E-state index is -0.389. The predicted octanol–water partition coefficient (Wildman–Crippen LogP) is 3.26. The topological polar surface area (TPSA) is 29.5 Å². The molecule has 0 bridgehead atoms. The summed E-state index contributed by atoms with van der Waals surface area (Å²) in [6.07, 6.45) is 0.850. The molecule has 0 aromatic heterocycles. The lowest BCUT2D eigenvalue weighted by Crippen LogP contribution is -2.15. The standard InChI is InChI=1S/C14H20O2S/c1-10(2)16-13-6-4-3-5-12(13)14(15)11-7-8-17-9-11/h3-6,10-11,14-15H,7-9H2,1-2H3. The van der Waals surface area contributed by atoms with Crippen molar-refractivity contribution in [1.29, 1.82) is 0 Å². The molecule has 1 fully saturated rings. The largest absolute Gasteiger partial charge is 0.491 e. The SMILES string of the molecule is CC(C)Oc1ccccc1C(O)C1CCSC1. The van der Waals surface area contributed by atoms with Crippen molar-refractivity contribution in [3.05, 3.63) is 29.8 Å². The summed E-state index contributed by atoms with van der Waals surface area (Å²) >= 11 is 1.92. The summed E-state index contributed by atoms with van der Waals surface area (Å²) in [5.74, 6) is 3.41. The number of hydrogen-bond acceptors (Lipinski definition) is 3. The maximum Gasteiger partial charge on any atom is 0.125 e. The summed E-state index contributed by atoms with van der Waals surface area (Å²) < 4.78 is 5.76. The minimum absolute atomic E-state index is 0.140. The molecule has 1 saturated heterocycles. The highest BCUT2D eigenvalue weighted by Gasteiger charge is 2.27. The molecular formula is C14H20O2S. The highest BCUT2D eigenvalue weighted by molar-refractivity contribution is 7.99. The first-order valence-electron chi connectivity index (χ1n) is 6.20. The summed E-state index contributed by atoms with van der Waals surface area (Å²) in [4.78, 5) is 0. The molecular weight excluding hydrogens is 232 g/mol. The Morgan fingerprint density at radius 1 is 1.35 bits per heavy atom. The van der Waals surface area contributed by atoms with Crippen LogP contribution in [0.2, 0.25) is 0 Å². The molecule has 2 rings (SSSR count). The van der Waals surface area contributed by atoms with Crippen LogP contribution in [0.25, 0.3) is 0 Å². The molecule has 0 radical (unpaired) electrons. The third-order valence-corrected chi connectivity index (χ3v) is 4.20. The monoisotopic (exact) mass is 252 g/mol. The first-order valence-corrected chi connectivity index (χ1v) is 7.35. The van der Waals surface area contributed by atoms with Gasteiger partial charge in [0.15, 0.2) is 0 Å². The second-order valence-electron chi connectivity index (χ2n) is 4.77. The number of ether oxygens (including phenoxy) is 1.